The summed E-state index contributed by atoms with van der Waals surface area (Å²) in [6, 6.07) is 6.62. The molecule has 0 radical (unpaired) electrons. The van der Waals surface area contributed by atoms with Crippen LogP contribution < -0.4 is 4.72 Å². The number of hydrogen-bond donors (Lipinski definition) is 1. The number of benzene rings is 1. The second-order valence-electron chi connectivity index (χ2n) is 3.53. The van der Waals surface area contributed by atoms with Crippen LogP contribution in [0.5, 0.6) is 0 Å². The number of sulfonamides is 1. The zero-order valence-electron chi connectivity index (χ0n) is 9.34. The van der Waals surface area contributed by atoms with Crippen molar-refractivity contribution in [3.8, 4) is 0 Å². The van der Waals surface area contributed by atoms with Crippen LogP contribution >= 0.6 is 27.3 Å². The summed E-state index contributed by atoms with van der Waals surface area (Å²) in [5.41, 5.74) is 0. The van der Waals surface area contributed by atoms with Gasteiger partial charge in [-0.05, 0) is 18.2 Å². The summed E-state index contributed by atoms with van der Waals surface area (Å²) in [6.45, 7) is 0.350. The molecule has 0 bridgehead atoms. The Morgan fingerprint density at radius 1 is 1.39 bits per heavy atom. The predicted molar refractivity (Wildman–Crippen MR) is 75.1 cm³/mol. The van der Waals surface area contributed by atoms with Crippen molar-refractivity contribution in [1.29, 1.82) is 0 Å². The highest BCUT2D eigenvalue weighted by Gasteiger charge is 2.13. The third-order valence-electron chi connectivity index (χ3n) is 2.22. The zero-order valence-corrected chi connectivity index (χ0v) is 12.6. The lowest BCUT2D eigenvalue weighted by atomic mass is 10.4. The van der Waals surface area contributed by atoms with Gasteiger partial charge in [-0.2, -0.15) is 0 Å². The lowest BCUT2D eigenvalue weighted by Crippen LogP contribution is -2.25. The van der Waals surface area contributed by atoms with Crippen molar-refractivity contribution < 1.29 is 8.42 Å². The average Bonchev–Trinajstić information content (AvgIpc) is 2.82. The molecule has 0 amide bonds. The maximum Gasteiger partial charge on any atom is 0.240 e. The van der Waals surface area contributed by atoms with Gasteiger partial charge in [0, 0.05) is 29.0 Å². The first-order valence-corrected chi connectivity index (χ1v) is 8.37. The van der Waals surface area contributed by atoms with Crippen LogP contribution in [-0.2, 0) is 16.4 Å². The van der Waals surface area contributed by atoms with Crippen LogP contribution in [0, 0.1) is 0 Å². The third-order valence-corrected chi connectivity index (χ3v) is 5.01. The van der Waals surface area contributed by atoms with Crippen LogP contribution in [0.4, 0.5) is 0 Å². The molecule has 0 saturated heterocycles. The van der Waals surface area contributed by atoms with E-state index in [1.54, 1.807) is 30.5 Å². The van der Waals surface area contributed by atoms with E-state index in [9.17, 15) is 8.42 Å². The number of aromatic nitrogens is 1. The van der Waals surface area contributed by atoms with Crippen LogP contribution in [0.15, 0.2) is 45.2 Å². The van der Waals surface area contributed by atoms with Crippen LogP contribution in [-0.4, -0.2) is 19.9 Å². The molecule has 1 heterocycles. The van der Waals surface area contributed by atoms with E-state index < -0.39 is 10.0 Å². The van der Waals surface area contributed by atoms with Gasteiger partial charge in [-0.25, -0.2) is 18.1 Å². The van der Waals surface area contributed by atoms with Gasteiger partial charge in [0.25, 0.3) is 0 Å². The topological polar surface area (TPSA) is 59.1 Å². The van der Waals surface area contributed by atoms with Crippen molar-refractivity contribution in [3.05, 3.63) is 45.3 Å². The molecule has 7 heteroatoms. The molecule has 0 atom stereocenters. The maximum atomic E-state index is 12.0. The van der Waals surface area contributed by atoms with Crippen molar-refractivity contribution in [2.24, 2.45) is 0 Å². The van der Waals surface area contributed by atoms with Crippen molar-refractivity contribution >= 4 is 37.3 Å². The molecule has 2 aromatic rings. The molecule has 0 fully saturated rings. The highest BCUT2D eigenvalue weighted by atomic mass is 79.9. The lowest BCUT2D eigenvalue weighted by molar-refractivity contribution is 0.581. The molecule has 1 aromatic heterocycles. The Kier molecular flexibility index (Phi) is 4.50. The Morgan fingerprint density at radius 2 is 2.22 bits per heavy atom. The van der Waals surface area contributed by atoms with Gasteiger partial charge in [-0.1, -0.05) is 22.0 Å². The number of thiazole rings is 1. The number of rotatable bonds is 5. The number of nitrogens with zero attached hydrogens (tertiary/aromatic N) is 1. The van der Waals surface area contributed by atoms with Gasteiger partial charge >= 0.3 is 0 Å². The molecule has 0 unspecified atom stereocenters. The van der Waals surface area contributed by atoms with Crippen molar-refractivity contribution in [2.45, 2.75) is 11.3 Å². The summed E-state index contributed by atoms with van der Waals surface area (Å²) in [7, 11) is -3.44. The molecule has 0 aliphatic heterocycles. The molecule has 18 heavy (non-hydrogen) atoms. The molecule has 1 N–H and O–H groups in total. The molecule has 0 spiro atoms. The summed E-state index contributed by atoms with van der Waals surface area (Å²) in [6.07, 6.45) is 2.31. The molecule has 0 saturated carbocycles. The van der Waals surface area contributed by atoms with Gasteiger partial charge in [-0.3, -0.25) is 0 Å². The monoisotopic (exact) mass is 346 g/mol. The van der Waals surface area contributed by atoms with Crippen molar-refractivity contribution in [2.75, 3.05) is 6.54 Å². The highest BCUT2D eigenvalue weighted by Crippen LogP contribution is 2.15. The fourth-order valence-corrected chi connectivity index (χ4v) is 3.63. The minimum Gasteiger partial charge on any atom is -0.250 e. The molecular formula is C11H11BrN2O2S2. The van der Waals surface area contributed by atoms with Crippen LogP contribution in [0.25, 0.3) is 0 Å². The van der Waals surface area contributed by atoms with E-state index in [-0.39, 0.29) is 4.90 Å². The van der Waals surface area contributed by atoms with E-state index in [1.807, 2.05) is 5.38 Å². The SMILES string of the molecule is O=S(=O)(NCCc1nccs1)c1cccc(Br)c1. The summed E-state index contributed by atoms with van der Waals surface area (Å²) in [4.78, 5) is 4.36. The standard InChI is InChI=1S/C11H11BrN2O2S2/c12-9-2-1-3-10(8-9)18(15,16)14-5-4-11-13-6-7-17-11/h1-3,6-8,14H,4-5H2. The molecule has 0 aliphatic carbocycles. The van der Waals surface area contributed by atoms with E-state index in [2.05, 4.69) is 25.6 Å². The van der Waals surface area contributed by atoms with E-state index in [0.717, 1.165) is 9.48 Å². The van der Waals surface area contributed by atoms with E-state index in [1.165, 1.54) is 11.3 Å². The van der Waals surface area contributed by atoms with Gasteiger partial charge < -0.3 is 0 Å². The zero-order chi connectivity index (χ0) is 13.0. The van der Waals surface area contributed by atoms with Gasteiger partial charge in [0.2, 0.25) is 10.0 Å². The summed E-state index contributed by atoms with van der Waals surface area (Å²) < 4.78 is 27.2. The Morgan fingerprint density at radius 3 is 2.89 bits per heavy atom. The molecule has 1 aromatic carbocycles. The van der Waals surface area contributed by atoms with E-state index in [4.69, 9.17) is 0 Å². The first-order chi connectivity index (χ1) is 8.58. The van der Waals surface area contributed by atoms with Crippen molar-refractivity contribution in [1.82, 2.24) is 9.71 Å². The van der Waals surface area contributed by atoms with Crippen LogP contribution in [0.2, 0.25) is 0 Å². The molecule has 96 valence electrons. The summed E-state index contributed by atoms with van der Waals surface area (Å²) >= 11 is 4.77. The molecule has 2 rings (SSSR count). The minimum atomic E-state index is -3.44. The Bertz CT molecular complexity index is 612. The fourth-order valence-electron chi connectivity index (χ4n) is 1.39. The van der Waals surface area contributed by atoms with Crippen LogP contribution in [0.3, 0.4) is 0 Å². The molecular weight excluding hydrogens is 336 g/mol. The normalized spacial score (nSPS) is 11.6. The fraction of sp³-hybridized carbons (Fsp3) is 0.182. The molecule has 0 aliphatic rings. The van der Waals surface area contributed by atoms with Gasteiger partial charge in [0.05, 0.1) is 9.90 Å². The van der Waals surface area contributed by atoms with Crippen molar-refractivity contribution in [3.63, 3.8) is 0 Å². The summed E-state index contributed by atoms with van der Waals surface area (Å²) in [5.74, 6) is 0. The Hall–Kier alpha value is -0.760. The third kappa shape index (κ3) is 3.61. The van der Waals surface area contributed by atoms with Crippen LogP contribution in [0.1, 0.15) is 5.01 Å². The number of halogens is 1. The number of nitrogens with one attached hydrogen (secondary N) is 1. The Labute approximate surface area is 118 Å². The predicted octanol–water partition coefficient (Wildman–Crippen LogP) is 2.43. The van der Waals surface area contributed by atoms with E-state index >= 15 is 0 Å². The summed E-state index contributed by atoms with van der Waals surface area (Å²) in [5, 5.41) is 2.80. The second-order valence-corrected chi connectivity index (χ2v) is 7.19. The van der Waals surface area contributed by atoms with Gasteiger partial charge in [0.1, 0.15) is 0 Å². The van der Waals surface area contributed by atoms with E-state index in [0.29, 0.717) is 13.0 Å². The number of hydrogen-bond acceptors (Lipinski definition) is 4. The maximum absolute atomic E-state index is 12.0. The first kappa shape index (κ1) is 13.7. The minimum absolute atomic E-state index is 0.260. The Balaban J connectivity index is 1.99. The van der Waals surface area contributed by atoms with Gasteiger partial charge in [0.15, 0.2) is 0 Å². The lowest BCUT2D eigenvalue weighted by Gasteiger charge is -2.06. The smallest absolute Gasteiger partial charge is 0.240 e. The molecule has 4 nitrogen and oxygen atoms in total. The second kappa shape index (κ2) is 5.92. The highest BCUT2D eigenvalue weighted by molar-refractivity contribution is 9.10. The average molecular weight is 347 g/mol. The first-order valence-electron chi connectivity index (χ1n) is 5.21. The quantitative estimate of drug-likeness (QED) is 0.904. The van der Waals surface area contributed by atoms with Gasteiger partial charge in [-0.15, -0.1) is 11.3 Å². The largest absolute Gasteiger partial charge is 0.250 e.